The highest BCUT2D eigenvalue weighted by molar-refractivity contribution is 5.85. The summed E-state index contributed by atoms with van der Waals surface area (Å²) in [6, 6.07) is 8.34. The number of carbonyl (C=O) groups excluding carboxylic acids is 1. The van der Waals surface area contributed by atoms with Gasteiger partial charge in [-0.3, -0.25) is 4.79 Å². The van der Waals surface area contributed by atoms with E-state index in [1.807, 2.05) is 6.92 Å². The molecule has 0 aliphatic carbocycles. The first kappa shape index (κ1) is 16.9. The Bertz CT molecular complexity index is 363. The third kappa shape index (κ3) is 5.07. The number of nitrogens with two attached hydrogens (primary N) is 1. The van der Waals surface area contributed by atoms with Crippen LogP contribution in [0.25, 0.3) is 0 Å². The van der Waals surface area contributed by atoms with Crippen LogP contribution in [0, 0.1) is 5.92 Å². The first-order chi connectivity index (χ1) is 8.04. The monoisotopic (exact) mass is 270 g/mol. The molecule has 102 valence electrons. The van der Waals surface area contributed by atoms with Crippen LogP contribution in [0.4, 0.5) is 0 Å². The third-order valence-corrected chi connectivity index (χ3v) is 2.91. The number of hydrogen-bond acceptors (Lipinski definition) is 2. The topological polar surface area (TPSA) is 55.1 Å². The molecular formula is C14H23ClN2O. The average molecular weight is 271 g/mol. The van der Waals surface area contributed by atoms with Crippen LogP contribution >= 0.6 is 12.4 Å². The first-order valence-corrected chi connectivity index (χ1v) is 6.11. The van der Waals surface area contributed by atoms with E-state index < -0.39 is 0 Å². The zero-order valence-corrected chi connectivity index (χ0v) is 12.1. The number of carbonyl (C=O) groups is 1. The fourth-order valence-electron chi connectivity index (χ4n) is 1.49. The van der Waals surface area contributed by atoms with Crippen LogP contribution in [0.5, 0.6) is 0 Å². The predicted molar refractivity (Wildman–Crippen MR) is 77.8 cm³/mol. The molecular weight excluding hydrogens is 248 g/mol. The molecule has 0 fully saturated rings. The minimum atomic E-state index is -0.120. The van der Waals surface area contributed by atoms with Gasteiger partial charge in [0.2, 0.25) is 5.91 Å². The number of halogens is 1. The normalized spacial score (nSPS) is 11.8. The summed E-state index contributed by atoms with van der Waals surface area (Å²) in [5, 5.41) is 2.88. The highest BCUT2D eigenvalue weighted by Gasteiger charge is 2.09. The Balaban J connectivity index is 0.00000289. The summed E-state index contributed by atoms with van der Waals surface area (Å²) in [6.45, 7) is 7.12. The van der Waals surface area contributed by atoms with Crippen molar-refractivity contribution < 1.29 is 4.79 Å². The lowest BCUT2D eigenvalue weighted by Gasteiger charge is -2.11. The Morgan fingerprint density at radius 2 is 1.78 bits per heavy atom. The van der Waals surface area contributed by atoms with E-state index in [1.165, 1.54) is 5.56 Å². The number of rotatable bonds is 5. The van der Waals surface area contributed by atoms with Gasteiger partial charge in [0.05, 0.1) is 0 Å². The zero-order chi connectivity index (χ0) is 12.8. The van der Waals surface area contributed by atoms with Crippen molar-refractivity contribution in [1.82, 2.24) is 5.32 Å². The molecule has 1 unspecified atom stereocenters. The number of benzene rings is 1. The van der Waals surface area contributed by atoms with Crippen molar-refractivity contribution in [2.24, 2.45) is 11.7 Å². The molecule has 1 rings (SSSR count). The van der Waals surface area contributed by atoms with Crippen LogP contribution in [0.2, 0.25) is 0 Å². The second kappa shape index (κ2) is 8.11. The lowest BCUT2D eigenvalue weighted by Crippen LogP contribution is -2.32. The Labute approximate surface area is 116 Å². The fourth-order valence-corrected chi connectivity index (χ4v) is 1.49. The minimum Gasteiger partial charge on any atom is -0.352 e. The second-order valence-electron chi connectivity index (χ2n) is 4.75. The molecule has 1 atom stereocenters. The van der Waals surface area contributed by atoms with E-state index >= 15 is 0 Å². The molecule has 0 aliphatic rings. The van der Waals surface area contributed by atoms with Crippen molar-refractivity contribution in [3.63, 3.8) is 0 Å². The molecule has 0 aromatic heterocycles. The molecule has 0 saturated heterocycles. The van der Waals surface area contributed by atoms with E-state index in [4.69, 9.17) is 5.73 Å². The highest BCUT2D eigenvalue weighted by atomic mass is 35.5. The van der Waals surface area contributed by atoms with Gasteiger partial charge in [-0.15, -0.1) is 12.4 Å². The molecule has 4 heteroatoms. The highest BCUT2D eigenvalue weighted by Crippen LogP contribution is 2.14. The van der Waals surface area contributed by atoms with E-state index in [9.17, 15) is 4.79 Å². The molecule has 0 saturated carbocycles. The average Bonchev–Trinajstić information content (AvgIpc) is 2.35. The summed E-state index contributed by atoms with van der Waals surface area (Å²) in [6.07, 6.45) is 0. The van der Waals surface area contributed by atoms with Gasteiger partial charge in [-0.25, -0.2) is 0 Å². The third-order valence-electron chi connectivity index (χ3n) is 2.91. The molecule has 1 aromatic carbocycles. The minimum absolute atomic E-state index is 0. The van der Waals surface area contributed by atoms with Crippen molar-refractivity contribution in [1.29, 1.82) is 0 Å². The Kier molecular flexibility index (Phi) is 7.64. The molecule has 1 amide bonds. The van der Waals surface area contributed by atoms with Crippen molar-refractivity contribution >= 4 is 18.3 Å². The van der Waals surface area contributed by atoms with Gasteiger partial charge in [0.15, 0.2) is 0 Å². The maximum Gasteiger partial charge on any atom is 0.224 e. The van der Waals surface area contributed by atoms with Crippen LogP contribution in [-0.4, -0.2) is 12.5 Å². The smallest absolute Gasteiger partial charge is 0.224 e. The Morgan fingerprint density at radius 3 is 2.22 bits per heavy atom. The van der Waals surface area contributed by atoms with Crippen molar-refractivity contribution in [3.8, 4) is 0 Å². The predicted octanol–water partition coefficient (Wildman–Crippen LogP) is 2.44. The lowest BCUT2D eigenvalue weighted by atomic mass is 10.0. The van der Waals surface area contributed by atoms with Gasteiger partial charge in [0.1, 0.15) is 0 Å². The summed E-state index contributed by atoms with van der Waals surface area (Å²) < 4.78 is 0. The van der Waals surface area contributed by atoms with Gasteiger partial charge < -0.3 is 11.1 Å². The van der Waals surface area contributed by atoms with Crippen molar-refractivity contribution in [2.45, 2.75) is 33.2 Å². The zero-order valence-electron chi connectivity index (χ0n) is 11.3. The summed E-state index contributed by atoms with van der Waals surface area (Å²) in [7, 11) is 0. The Morgan fingerprint density at radius 1 is 1.22 bits per heavy atom. The van der Waals surface area contributed by atoms with E-state index in [-0.39, 0.29) is 24.2 Å². The maximum absolute atomic E-state index is 11.5. The number of hydrogen-bond donors (Lipinski definition) is 2. The first-order valence-electron chi connectivity index (χ1n) is 6.11. The molecule has 0 radical (unpaired) electrons. The largest absolute Gasteiger partial charge is 0.352 e. The van der Waals surface area contributed by atoms with Crippen molar-refractivity contribution in [3.05, 3.63) is 35.4 Å². The lowest BCUT2D eigenvalue weighted by molar-refractivity contribution is -0.124. The molecule has 0 heterocycles. The standard InChI is InChI=1S/C14H22N2O.ClH/c1-10(2)13-6-4-12(5-7-13)9-16-14(17)11(3)8-15;/h4-7,10-11H,8-9,15H2,1-3H3,(H,16,17);1H. The van der Waals surface area contributed by atoms with E-state index in [0.29, 0.717) is 19.0 Å². The van der Waals surface area contributed by atoms with Gasteiger partial charge in [-0.1, -0.05) is 45.0 Å². The van der Waals surface area contributed by atoms with E-state index in [1.54, 1.807) is 0 Å². The summed E-state index contributed by atoms with van der Waals surface area (Å²) in [5.74, 6) is 0.432. The molecule has 3 nitrogen and oxygen atoms in total. The molecule has 3 N–H and O–H groups in total. The Hall–Kier alpha value is -1.06. The van der Waals surface area contributed by atoms with Gasteiger partial charge in [-0.2, -0.15) is 0 Å². The maximum atomic E-state index is 11.5. The SMILES string of the molecule is CC(CN)C(=O)NCc1ccc(C(C)C)cc1.Cl. The van der Waals surface area contributed by atoms with Crippen LogP contribution in [0.15, 0.2) is 24.3 Å². The van der Waals surface area contributed by atoms with Gasteiger partial charge in [0.25, 0.3) is 0 Å². The molecule has 18 heavy (non-hydrogen) atoms. The molecule has 0 spiro atoms. The van der Waals surface area contributed by atoms with Gasteiger partial charge in [-0.05, 0) is 17.0 Å². The van der Waals surface area contributed by atoms with Crippen LogP contribution in [-0.2, 0) is 11.3 Å². The van der Waals surface area contributed by atoms with E-state index in [0.717, 1.165) is 5.56 Å². The fraction of sp³-hybridized carbons (Fsp3) is 0.500. The summed E-state index contributed by atoms with van der Waals surface area (Å²) in [4.78, 5) is 11.5. The van der Waals surface area contributed by atoms with Crippen LogP contribution < -0.4 is 11.1 Å². The van der Waals surface area contributed by atoms with Crippen LogP contribution in [0.1, 0.15) is 37.8 Å². The number of amides is 1. The number of nitrogens with one attached hydrogen (secondary N) is 1. The summed E-state index contributed by atoms with van der Waals surface area (Å²) >= 11 is 0. The van der Waals surface area contributed by atoms with Gasteiger partial charge in [0, 0.05) is 19.0 Å². The van der Waals surface area contributed by atoms with Gasteiger partial charge >= 0.3 is 0 Å². The van der Waals surface area contributed by atoms with E-state index in [2.05, 4.69) is 43.4 Å². The molecule has 1 aromatic rings. The second-order valence-corrected chi connectivity index (χ2v) is 4.75. The van der Waals surface area contributed by atoms with Crippen molar-refractivity contribution in [2.75, 3.05) is 6.54 Å². The summed E-state index contributed by atoms with van der Waals surface area (Å²) in [5.41, 5.74) is 7.87. The quantitative estimate of drug-likeness (QED) is 0.863. The van der Waals surface area contributed by atoms with Crippen LogP contribution in [0.3, 0.4) is 0 Å². The molecule has 0 aliphatic heterocycles. The molecule has 0 bridgehead atoms.